The van der Waals surface area contributed by atoms with E-state index in [4.69, 9.17) is 11.6 Å². The number of benzene rings is 3. The van der Waals surface area contributed by atoms with E-state index in [1.54, 1.807) is 25.1 Å². The minimum Gasteiger partial charge on any atom is -0.396 e. The smallest absolute Gasteiger partial charge is 0.396 e. The standard InChI is InChI=1S/C28H27ClF3N5O3.ClH/c1-15-20(29)9-6-10-21(15)35-25(40)18-11-16(34-24(39)17-7-4-5-8-19(17)28(30,31)32)12-22-23(18)37-26(36-22)33-13-27(2,3)14-38;/h4-12,38H,13-14H2,1-3H3,(H,34,39)(H,35,40)(H2,33,36,37);1H. The first-order valence-corrected chi connectivity index (χ1v) is 12.6. The molecule has 8 nitrogen and oxygen atoms in total. The van der Waals surface area contributed by atoms with Crippen LogP contribution in [-0.2, 0) is 6.18 Å². The number of aromatic nitrogens is 2. The van der Waals surface area contributed by atoms with Gasteiger partial charge in [-0.1, -0.05) is 43.6 Å². The summed E-state index contributed by atoms with van der Waals surface area (Å²) in [7, 11) is 0. The molecule has 0 unspecified atom stereocenters. The van der Waals surface area contributed by atoms with Crippen molar-refractivity contribution in [3.8, 4) is 0 Å². The van der Waals surface area contributed by atoms with Crippen LogP contribution in [0.5, 0.6) is 0 Å². The molecule has 1 heterocycles. The van der Waals surface area contributed by atoms with Gasteiger partial charge in [-0.25, -0.2) is 4.98 Å². The van der Waals surface area contributed by atoms with Gasteiger partial charge >= 0.3 is 6.18 Å². The number of aliphatic hydroxyl groups is 1. The number of halogens is 5. The van der Waals surface area contributed by atoms with E-state index in [1.165, 1.54) is 24.3 Å². The maximum absolute atomic E-state index is 13.5. The molecule has 4 aromatic rings. The minimum absolute atomic E-state index is 0. The number of H-pyrrole nitrogens is 1. The number of carbonyl (C=O) groups excluding carboxylic acids is 2. The molecule has 0 saturated carbocycles. The Labute approximate surface area is 245 Å². The van der Waals surface area contributed by atoms with Gasteiger partial charge in [0.05, 0.1) is 22.2 Å². The summed E-state index contributed by atoms with van der Waals surface area (Å²) in [5.74, 6) is -1.27. The third-order valence-electron chi connectivity index (χ3n) is 6.24. The van der Waals surface area contributed by atoms with Gasteiger partial charge in [0.2, 0.25) is 5.95 Å². The predicted octanol–water partition coefficient (Wildman–Crippen LogP) is 6.90. The number of aliphatic hydroxyl groups excluding tert-OH is 1. The Hall–Kier alpha value is -3.80. The Morgan fingerprint density at radius 1 is 1.00 bits per heavy atom. The molecule has 0 spiro atoms. The van der Waals surface area contributed by atoms with Crippen LogP contribution in [0.3, 0.4) is 0 Å². The lowest BCUT2D eigenvalue weighted by molar-refractivity contribution is -0.137. The summed E-state index contributed by atoms with van der Waals surface area (Å²) in [6.07, 6.45) is -4.73. The summed E-state index contributed by atoms with van der Waals surface area (Å²) in [6, 6.07) is 12.3. The number of rotatable bonds is 8. The Morgan fingerprint density at radius 3 is 2.37 bits per heavy atom. The van der Waals surface area contributed by atoms with E-state index in [9.17, 15) is 27.9 Å². The van der Waals surface area contributed by atoms with Gasteiger partial charge in [0.25, 0.3) is 11.8 Å². The molecular weight excluding hydrogens is 582 g/mol. The van der Waals surface area contributed by atoms with Crippen molar-refractivity contribution in [3.63, 3.8) is 0 Å². The highest BCUT2D eigenvalue weighted by Gasteiger charge is 2.35. The zero-order chi connectivity index (χ0) is 29.2. The van der Waals surface area contributed by atoms with Gasteiger partial charge in [-0.05, 0) is 48.9 Å². The molecule has 0 saturated heterocycles. The third-order valence-corrected chi connectivity index (χ3v) is 6.65. The zero-order valence-corrected chi connectivity index (χ0v) is 23.8. The SMILES string of the molecule is Cc1c(Cl)cccc1NC(=O)c1cc(NC(=O)c2ccccc2C(F)(F)F)cc2[nH]c(NCC(C)(C)CO)nc12.Cl. The topological polar surface area (TPSA) is 119 Å². The largest absolute Gasteiger partial charge is 0.417 e. The highest BCUT2D eigenvalue weighted by molar-refractivity contribution is 6.31. The van der Waals surface area contributed by atoms with Crippen molar-refractivity contribution in [1.29, 1.82) is 0 Å². The molecule has 0 radical (unpaired) electrons. The summed E-state index contributed by atoms with van der Waals surface area (Å²) in [6.45, 7) is 5.71. The lowest BCUT2D eigenvalue weighted by Crippen LogP contribution is -2.27. The second-order valence-electron chi connectivity index (χ2n) is 10.0. The highest BCUT2D eigenvalue weighted by atomic mass is 35.5. The first-order chi connectivity index (χ1) is 18.8. The molecule has 0 fully saturated rings. The lowest BCUT2D eigenvalue weighted by Gasteiger charge is -2.21. The van der Waals surface area contributed by atoms with Crippen LogP contribution >= 0.6 is 24.0 Å². The third kappa shape index (κ3) is 7.29. The van der Waals surface area contributed by atoms with E-state index in [2.05, 4.69) is 25.9 Å². The van der Waals surface area contributed by atoms with Gasteiger partial charge in [0, 0.05) is 35.0 Å². The summed E-state index contributed by atoms with van der Waals surface area (Å²) in [5, 5.41) is 18.3. The Morgan fingerprint density at radius 2 is 1.68 bits per heavy atom. The molecule has 0 aliphatic carbocycles. The first-order valence-electron chi connectivity index (χ1n) is 12.2. The summed E-state index contributed by atoms with van der Waals surface area (Å²) >= 11 is 6.19. The zero-order valence-electron chi connectivity index (χ0n) is 22.2. The molecule has 0 aliphatic heterocycles. The Balaban J connectivity index is 0.00000462. The van der Waals surface area contributed by atoms with Crippen LogP contribution in [0.4, 0.5) is 30.5 Å². The van der Waals surface area contributed by atoms with Crippen molar-refractivity contribution in [3.05, 3.63) is 81.9 Å². The highest BCUT2D eigenvalue weighted by Crippen LogP contribution is 2.33. The second kappa shape index (κ2) is 12.4. The van der Waals surface area contributed by atoms with Crippen molar-refractivity contribution in [1.82, 2.24) is 9.97 Å². The van der Waals surface area contributed by atoms with E-state index in [0.29, 0.717) is 34.3 Å². The first kappa shape index (κ1) is 31.7. The molecular formula is C28H28Cl2F3N5O3. The molecule has 4 rings (SSSR count). The molecule has 41 heavy (non-hydrogen) atoms. The molecule has 2 amide bonds. The van der Waals surface area contributed by atoms with Gasteiger partial charge in [-0.2, -0.15) is 13.2 Å². The molecule has 5 N–H and O–H groups in total. The number of alkyl halides is 3. The minimum atomic E-state index is -4.73. The monoisotopic (exact) mass is 609 g/mol. The molecule has 0 bridgehead atoms. The molecule has 1 aromatic heterocycles. The maximum Gasteiger partial charge on any atom is 0.417 e. The second-order valence-corrected chi connectivity index (χ2v) is 10.5. The van der Waals surface area contributed by atoms with Gasteiger partial charge in [0.1, 0.15) is 5.52 Å². The number of carbonyl (C=O) groups is 2. The van der Waals surface area contributed by atoms with Crippen LogP contribution in [0.25, 0.3) is 11.0 Å². The average molecular weight is 610 g/mol. The van der Waals surface area contributed by atoms with Crippen LogP contribution in [0.2, 0.25) is 5.02 Å². The summed E-state index contributed by atoms with van der Waals surface area (Å²) < 4.78 is 40.5. The van der Waals surface area contributed by atoms with E-state index in [0.717, 1.165) is 12.1 Å². The normalized spacial score (nSPS) is 11.6. The quantitative estimate of drug-likeness (QED) is 0.149. The summed E-state index contributed by atoms with van der Waals surface area (Å²) in [4.78, 5) is 33.9. The number of hydrogen-bond acceptors (Lipinski definition) is 5. The van der Waals surface area contributed by atoms with Crippen LogP contribution in [-0.4, -0.2) is 40.0 Å². The molecule has 218 valence electrons. The van der Waals surface area contributed by atoms with Gasteiger partial charge in [-0.15, -0.1) is 12.4 Å². The number of imidazole rings is 1. The van der Waals surface area contributed by atoms with Crippen molar-refractivity contribution in [2.75, 3.05) is 29.1 Å². The van der Waals surface area contributed by atoms with Crippen molar-refractivity contribution < 1.29 is 27.9 Å². The molecule has 3 aromatic carbocycles. The van der Waals surface area contributed by atoms with Crippen LogP contribution in [0.15, 0.2) is 54.6 Å². The number of nitrogens with zero attached hydrogens (tertiary/aromatic N) is 1. The predicted molar refractivity (Wildman–Crippen MR) is 156 cm³/mol. The Kier molecular flexibility index (Phi) is 9.58. The molecule has 0 aliphatic rings. The molecule has 13 heteroatoms. The van der Waals surface area contributed by atoms with E-state index in [1.807, 2.05) is 13.8 Å². The maximum atomic E-state index is 13.5. The van der Waals surface area contributed by atoms with E-state index >= 15 is 0 Å². The summed E-state index contributed by atoms with van der Waals surface area (Å²) in [5.41, 5.74) is -0.273. The van der Waals surface area contributed by atoms with Gasteiger partial charge in [-0.3, -0.25) is 9.59 Å². The van der Waals surface area contributed by atoms with E-state index in [-0.39, 0.29) is 35.8 Å². The number of aromatic amines is 1. The Bertz CT molecular complexity index is 1590. The number of nitrogens with one attached hydrogen (secondary N) is 4. The number of amides is 2. The van der Waals surface area contributed by atoms with Crippen LogP contribution < -0.4 is 16.0 Å². The van der Waals surface area contributed by atoms with Crippen LogP contribution in [0, 0.1) is 12.3 Å². The van der Waals surface area contributed by atoms with Crippen LogP contribution in [0.1, 0.15) is 45.7 Å². The fourth-order valence-corrected chi connectivity index (χ4v) is 4.06. The number of fused-ring (bicyclic) bond motifs is 1. The van der Waals surface area contributed by atoms with Gasteiger partial charge < -0.3 is 26.0 Å². The van der Waals surface area contributed by atoms with E-state index < -0.39 is 34.5 Å². The van der Waals surface area contributed by atoms with Gasteiger partial charge in [0.15, 0.2) is 0 Å². The lowest BCUT2D eigenvalue weighted by atomic mass is 9.95. The molecule has 0 atom stereocenters. The average Bonchev–Trinajstić information content (AvgIpc) is 3.32. The van der Waals surface area contributed by atoms with Crippen molar-refractivity contribution >= 4 is 64.2 Å². The number of anilines is 3. The van der Waals surface area contributed by atoms with Crippen molar-refractivity contribution in [2.24, 2.45) is 5.41 Å². The fraction of sp³-hybridized carbons (Fsp3) is 0.250. The fourth-order valence-electron chi connectivity index (χ4n) is 3.88. The van der Waals surface area contributed by atoms with Crippen molar-refractivity contribution in [2.45, 2.75) is 26.9 Å². The number of hydrogen-bond donors (Lipinski definition) is 5.